The second kappa shape index (κ2) is 3.36. The van der Waals surface area contributed by atoms with Gasteiger partial charge in [-0.05, 0) is 18.1 Å². The molecule has 2 nitrogen and oxygen atoms in total. The number of hydrogen-bond donors (Lipinski definition) is 0. The van der Waals surface area contributed by atoms with E-state index in [-0.39, 0.29) is 0 Å². The fourth-order valence-corrected chi connectivity index (χ4v) is 1.46. The number of nitrogens with zero attached hydrogens (tertiary/aromatic N) is 2. The highest BCUT2D eigenvalue weighted by molar-refractivity contribution is 5.79. The van der Waals surface area contributed by atoms with Crippen molar-refractivity contribution >= 4 is 10.9 Å². The fraction of sp³-hybridized carbons (Fsp3) is 0.300. The molecule has 2 rings (SSSR count). The van der Waals surface area contributed by atoms with Crippen LogP contribution in [0.15, 0.2) is 24.4 Å². The molecule has 1 aromatic heterocycles. The van der Waals surface area contributed by atoms with Crippen LogP contribution in [0.3, 0.4) is 0 Å². The molecule has 14 heavy (non-hydrogen) atoms. The monoisotopic (exact) mass is 196 g/mol. The fourth-order valence-electron chi connectivity index (χ4n) is 1.46. The average molecular weight is 196 g/mol. The molecule has 0 radical (unpaired) electrons. The highest BCUT2D eigenvalue weighted by atomic mass is 19.3. The number of aryl methyl sites for hydroxylation is 1. The van der Waals surface area contributed by atoms with Gasteiger partial charge in [-0.3, -0.25) is 0 Å². The van der Waals surface area contributed by atoms with Gasteiger partial charge in [-0.15, -0.1) is 0 Å². The number of fused-ring (bicyclic) bond motifs is 1. The van der Waals surface area contributed by atoms with E-state index in [1.165, 1.54) is 6.20 Å². The summed E-state index contributed by atoms with van der Waals surface area (Å²) in [4.78, 5) is 0. The van der Waals surface area contributed by atoms with Crippen molar-refractivity contribution in [3.05, 3.63) is 30.0 Å². The number of aromatic nitrogens is 2. The summed E-state index contributed by atoms with van der Waals surface area (Å²) in [7, 11) is 0. The first-order valence-corrected chi connectivity index (χ1v) is 4.46. The standard InChI is InChI=1S/C10H10F2N2/c1-2-7-3-4-8-6-13-14(10(11)12)9(8)5-7/h3-6,10H,2H2,1H3. The predicted molar refractivity (Wildman–Crippen MR) is 50.4 cm³/mol. The topological polar surface area (TPSA) is 17.8 Å². The molecule has 1 aromatic carbocycles. The third-order valence-electron chi connectivity index (χ3n) is 2.26. The minimum atomic E-state index is -2.57. The first-order valence-electron chi connectivity index (χ1n) is 4.46. The zero-order valence-electron chi connectivity index (χ0n) is 7.74. The molecule has 0 aliphatic carbocycles. The van der Waals surface area contributed by atoms with E-state index < -0.39 is 6.55 Å². The molecule has 0 spiro atoms. The van der Waals surface area contributed by atoms with Crippen LogP contribution in [0, 0.1) is 0 Å². The Hall–Kier alpha value is -1.45. The number of rotatable bonds is 2. The van der Waals surface area contributed by atoms with Gasteiger partial charge in [0.25, 0.3) is 0 Å². The van der Waals surface area contributed by atoms with Crippen molar-refractivity contribution in [1.29, 1.82) is 0 Å². The molecule has 0 aliphatic heterocycles. The van der Waals surface area contributed by atoms with E-state index >= 15 is 0 Å². The smallest absolute Gasteiger partial charge is 0.204 e. The van der Waals surface area contributed by atoms with Gasteiger partial charge in [0.05, 0.1) is 11.7 Å². The van der Waals surface area contributed by atoms with Crippen LogP contribution in [0.5, 0.6) is 0 Å². The minimum Gasteiger partial charge on any atom is -0.204 e. The maximum absolute atomic E-state index is 12.5. The number of benzene rings is 1. The number of hydrogen-bond acceptors (Lipinski definition) is 1. The first-order chi connectivity index (χ1) is 6.72. The summed E-state index contributed by atoms with van der Waals surface area (Å²) in [6.07, 6.45) is 2.30. The van der Waals surface area contributed by atoms with Gasteiger partial charge in [-0.2, -0.15) is 13.9 Å². The van der Waals surface area contributed by atoms with E-state index in [0.717, 1.165) is 22.1 Å². The molecule has 0 bridgehead atoms. The molecular weight excluding hydrogens is 186 g/mol. The molecule has 0 aliphatic rings. The Morgan fingerprint density at radius 3 is 2.86 bits per heavy atom. The molecular formula is C10H10F2N2. The van der Waals surface area contributed by atoms with Crippen LogP contribution in [0.4, 0.5) is 8.78 Å². The second-order valence-electron chi connectivity index (χ2n) is 3.11. The maximum atomic E-state index is 12.5. The Morgan fingerprint density at radius 1 is 1.43 bits per heavy atom. The van der Waals surface area contributed by atoms with Crippen LogP contribution in [-0.2, 0) is 6.42 Å². The van der Waals surface area contributed by atoms with Gasteiger partial charge in [0.2, 0.25) is 0 Å². The van der Waals surface area contributed by atoms with Crippen LogP contribution in [-0.4, -0.2) is 9.78 Å². The number of halogens is 2. The van der Waals surface area contributed by atoms with Gasteiger partial charge in [0.1, 0.15) is 0 Å². The first kappa shape index (κ1) is 9.12. The van der Waals surface area contributed by atoms with Crippen molar-refractivity contribution in [2.45, 2.75) is 19.9 Å². The van der Waals surface area contributed by atoms with E-state index in [1.54, 1.807) is 6.07 Å². The number of alkyl halides is 2. The molecule has 0 unspecified atom stereocenters. The van der Waals surface area contributed by atoms with Crippen LogP contribution in [0.2, 0.25) is 0 Å². The van der Waals surface area contributed by atoms with E-state index in [1.807, 2.05) is 19.1 Å². The summed E-state index contributed by atoms with van der Waals surface area (Å²) in [5.41, 5.74) is 1.54. The van der Waals surface area contributed by atoms with Crippen molar-refractivity contribution in [3.8, 4) is 0 Å². The SMILES string of the molecule is CCc1ccc2cnn(C(F)F)c2c1. The molecule has 0 saturated carbocycles. The van der Waals surface area contributed by atoms with Crippen molar-refractivity contribution in [2.24, 2.45) is 0 Å². The van der Waals surface area contributed by atoms with E-state index in [9.17, 15) is 8.78 Å². The lowest BCUT2D eigenvalue weighted by atomic mass is 10.1. The third-order valence-corrected chi connectivity index (χ3v) is 2.26. The second-order valence-corrected chi connectivity index (χ2v) is 3.11. The summed E-state index contributed by atoms with van der Waals surface area (Å²) in [5.74, 6) is 0. The van der Waals surface area contributed by atoms with Gasteiger partial charge in [-0.1, -0.05) is 19.1 Å². The summed E-state index contributed by atoms with van der Waals surface area (Å²) >= 11 is 0. The summed E-state index contributed by atoms with van der Waals surface area (Å²) in [6.45, 7) is -0.579. The molecule has 1 heterocycles. The van der Waals surface area contributed by atoms with Crippen LogP contribution in [0.25, 0.3) is 10.9 Å². The van der Waals surface area contributed by atoms with Crippen molar-refractivity contribution in [3.63, 3.8) is 0 Å². The van der Waals surface area contributed by atoms with Crippen LogP contribution >= 0.6 is 0 Å². The van der Waals surface area contributed by atoms with Crippen molar-refractivity contribution in [2.75, 3.05) is 0 Å². The molecule has 0 N–H and O–H groups in total. The van der Waals surface area contributed by atoms with Crippen LogP contribution < -0.4 is 0 Å². The summed E-state index contributed by atoms with van der Waals surface area (Å²) in [6, 6.07) is 5.51. The molecule has 74 valence electrons. The van der Waals surface area contributed by atoms with Crippen molar-refractivity contribution < 1.29 is 8.78 Å². The Balaban J connectivity index is 2.63. The Labute approximate surface area is 80.1 Å². The largest absolute Gasteiger partial charge is 0.333 e. The lowest BCUT2D eigenvalue weighted by Gasteiger charge is -2.02. The minimum absolute atomic E-state index is 0.499. The van der Waals surface area contributed by atoms with Crippen molar-refractivity contribution in [1.82, 2.24) is 9.78 Å². The Morgan fingerprint density at radius 2 is 2.21 bits per heavy atom. The highest BCUT2D eigenvalue weighted by Crippen LogP contribution is 2.20. The normalized spacial score (nSPS) is 11.4. The Kier molecular flexibility index (Phi) is 2.19. The van der Waals surface area contributed by atoms with E-state index in [4.69, 9.17) is 0 Å². The van der Waals surface area contributed by atoms with E-state index in [0.29, 0.717) is 5.52 Å². The average Bonchev–Trinajstić information content (AvgIpc) is 2.59. The predicted octanol–water partition coefficient (Wildman–Crippen LogP) is 2.99. The molecule has 4 heteroatoms. The molecule has 0 saturated heterocycles. The Bertz CT molecular complexity index is 448. The quantitative estimate of drug-likeness (QED) is 0.721. The maximum Gasteiger partial charge on any atom is 0.333 e. The lowest BCUT2D eigenvalue weighted by molar-refractivity contribution is 0.0615. The third kappa shape index (κ3) is 1.36. The zero-order chi connectivity index (χ0) is 10.1. The van der Waals surface area contributed by atoms with E-state index in [2.05, 4.69) is 5.10 Å². The van der Waals surface area contributed by atoms with Gasteiger partial charge in [-0.25, -0.2) is 4.68 Å². The molecule has 2 aromatic rings. The van der Waals surface area contributed by atoms with Gasteiger partial charge in [0.15, 0.2) is 0 Å². The summed E-state index contributed by atoms with van der Waals surface area (Å²) < 4.78 is 25.7. The van der Waals surface area contributed by atoms with Gasteiger partial charge < -0.3 is 0 Å². The molecule has 0 atom stereocenters. The van der Waals surface area contributed by atoms with Crippen LogP contribution in [0.1, 0.15) is 19.0 Å². The lowest BCUT2D eigenvalue weighted by Crippen LogP contribution is -1.99. The molecule has 0 fully saturated rings. The van der Waals surface area contributed by atoms with Gasteiger partial charge >= 0.3 is 6.55 Å². The summed E-state index contributed by atoms with van der Waals surface area (Å²) in [5, 5.41) is 4.39. The molecule has 0 amide bonds. The zero-order valence-corrected chi connectivity index (χ0v) is 7.74. The highest BCUT2D eigenvalue weighted by Gasteiger charge is 2.10. The van der Waals surface area contributed by atoms with Gasteiger partial charge in [0, 0.05) is 5.39 Å².